The third-order valence-electron chi connectivity index (χ3n) is 4.88. The molecule has 2 N–H and O–H groups in total. The molecule has 0 fully saturated rings. The molecule has 172 valence electrons. The van der Waals surface area contributed by atoms with Crippen LogP contribution < -0.4 is 15.3 Å². The number of esters is 1. The second-order valence-corrected chi connectivity index (χ2v) is 8.77. The number of ether oxygens (including phenoxy) is 3. The van der Waals surface area contributed by atoms with E-state index in [4.69, 9.17) is 20.1 Å². The number of nitrogens with zero attached hydrogens (tertiary/aromatic N) is 3. The lowest BCUT2D eigenvalue weighted by Crippen LogP contribution is -2.12. The Balaban J connectivity index is 1.67. The zero-order valence-electron chi connectivity index (χ0n) is 18.1. The van der Waals surface area contributed by atoms with Gasteiger partial charge in [-0.3, -0.25) is 0 Å². The fraction of sp³-hybridized carbons (Fsp3) is 0.227. The van der Waals surface area contributed by atoms with E-state index in [-0.39, 0.29) is 12.4 Å². The third-order valence-corrected chi connectivity index (χ3v) is 7.03. The van der Waals surface area contributed by atoms with Crippen molar-refractivity contribution >= 4 is 39.2 Å². The standard InChI is InChI=1S/C22H21FN4O4S2/c1-4-31-21(28)19-14(18-15(23)6-5-7-17(18)33-19)11-32-22-26-25-20(27(22)24)13-9-8-12(29-2)10-16(13)30-3/h5-10H,4,11,24H2,1-3H3. The number of halogens is 1. The molecule has 33 heavy (non-hydrogen) atoms. The summed E-state index contributed by atoms with van der Waals surface area (Å²) in [5.41, 5.74) is 1.18. The number of carbonyl (C=O) groups is 1. The molecule has 0 aliphatic carbocycles. The number of aromatic nitrogens is 3. The van der Waals surface area contributed by atoms with Gasteiger partial charge in [0.15, 0.2) is 5.82 Å². The van der Waals surface area contributed by atoms with Gasteiger partial charge in [-0.1, -0.05) is 17.8 Å². The number of nitrogens with two attached hydrogens (primary N) is 1. The lowest BCUT2D eigenvalue weighted by Gasteiger charge is -2.10. The van der Waals surface area contributed by atoms with Gasteiger partial charge in [-0.15, -0.1) is 21.5 Å². The maximum Gasteiger partial charge on any atom is 0.348 e. The number of hydrogen-bond acceptors (Lipinski definition) is 9. The molecule has 8 nitrogen and oxygen atoms in total. The summed E-state index contributed by atoms with van der Waals surface area (Å²) in [6, 6.07) is 10.0. The Morgan fingerprint density at radius 1 is 1.21 bits per heavy atom. The van der Waals surface area contributed by atoms with Crippen molar-refractivity contribution in [2.45, 2.75) is 17.8 Å². The Morgan fingerprint density at radius 2 is 2.03 bits per heavy atom. The van der Waals surface area contributed by atoms with Crippen molar-refractivity contribution in [3.05, 3.63) is 52.7 Å². The molecule has 2 aromatic heterocycles. The van der Waals surface area contributed by atoms with Crippen LogP contribution in [-0.4, -0.2) is 41.7 Å². The van der Waals surface area contributed by atoms with Crippen molar-refractivity contribution < 1.29 is 23.4 Å². The van der Waals surface area contributed by atoms with E-state index in [9.17, 15) is 9.18 Å². The highest BCUT2D eigenvalue weighted by Crippen LogP contribution is 2.38. The van der Waals surface area contributed by atoms with Crippen LogP contribution in [0.1, 0.15) is 22.2 Å². The Kier molecular flexibility index (Phi) is 6.70. The van der Waals surface area contributed by atoms with E-state index in [1.165, 1.54) is 41.0 Å². The molecule has 0 saturated heterocycles. The highest BCUT2D eigenvalue weighted by Gasteiger charge is 2.23. The number of hydrogen-bond donors (Lipinski definition) is 1. The van der Waals surface area contributed by atoms with Gasteiger partial charge in [0, 0.05) is 21.9 Å². The molecule has 0 aliphatic heterocycles. The highest BCUT2D eigenvalue weighted by molar-refractivity contribution is 7.98. The van der Waals surface area contributed by atoms with Gasteiger partial charge < -0.3 is 20.1 Å². The minimum absolute atomic E-state index is 0.228. The number of carbonyl (C=O) groups excluding carboxylic acids is 1. The van der Waals surface area contributed by atoms with Crippen molar-refractivity contribution in [2.75, 3.05) is 26.7 Å². The van der Waals surface area contributed by atoms with E-state index in [1.807, 2.05) is 0 Å². The van der Waals surface area contributed by atoms with Gasteiger partial charge in [0.05, 0.1) is 26.4 Å². The monoisotopic (exact) mass is 488 g/mol. The molecule has 4 rings (SSSR count). The van der Waals surface area contributed by atoms with Crippen LogP contribution in [0, 0.1) is 5.82 Å². The predicted octanol–water partition coefficient (Wildman–Crippen LogP) is 4.50. The maximum absolute atomic E-state index is 14.6. The molecule has 0 bridgehead atoms. The Labute approximate surface area is 197 Å². The van der Waals surface area contributed by atoms with Crippen LogP contribution in [0.2, 0.25) is 0 Å². The van der Waals surface area contributed by atoms with E-state index in [0.29, 0.717) is 48.6 Å². The summed E-state index contributed by atoms with van der Waals surface area (Å²) in [4.78, 5) is 12.9. The second kappa shape index (κ2) is 9.67. The molecule has 0 aliphatic rings. The van der Waals surface area contributed by atoms with E-state index in [0.717, 1.165) is 0 Å². The SMILES string of the molecule is CCOC(=O)c1sc2cccc(F)c2c1CSc1nnc(-c2ccc(OC)cc2OC)n1N. The minimum Gasteiger partial charge on any atom is -0.497 e. The van der Waals surface area contributed by atoms with Crippen LogP contribution in [-0.2, 0) is 10.5 Å². The van der Waals surface area contributed by atoms with Crippen LogP contribution >= 0.6 is 23.1 Å². The van der Waals surface area contributed by atoms with Crippen LogP contribution in [0.25, 0.3) is 21.5 Å². The number of rotatable bonds is 8. The summed E-state index contributed by atoms with van der Waals surface area (Å²) in [6.07, 6.45) is 0. The highest BCUT2D eigenvalue weighted by atomic mass is 32.2. The molecule has 0 radical (unpaired) electrons. The molecule has 0 amide bonds. The van der Waals surface area contributed by atoms with Crippen molar-refractivity contribution in [3.63, 3.8) is 0 Å². The second-order valence-electron chi connectivity index (χ2n) is 6.77. The van der Waals surface area contributed by atoms with Crippen LogP contribution in [0.3, 0.4) is 0 Å². The number of thiophene rings is 1. The molecule has 0 saturated carbocycles. The van der Waals surface area contributed by atoms with Crippen LogP contribution in [0.4, 0.5) is 4.39 Å². The van der Waals surface area contributed by atoms with Gasteiger partial charge in [0.1, 0.15) is 22.2 Å². The first-order chi connectivity index (χ1) is 16.0. The average Bonchev–Trinajstić information content (AvgIpc) is 3.38. The smallest absolute Gasteiger partial charge is 0.348 e. The van der Waals surface area contributed by atoms with Gasteiger partial charge in [-0.25, -0.2) is 13.9 Å². The first-order valence-electron chi connectivity index (χ1n) is 9.91. The predicted molar refractivity (Wildman–Crippen MR) is 126 cm³/mol. The average molecular weight is 489 g/mol. The number of methoxy groups -OCH3 is 2. The van der Waals surface area contributed by atoms with Gasteiger partial charge in [-0.05, 0) is 36.8 Å². The molecule has 2 heterocycles. The number of fused-ring (bicyclic) bond motifs is 1. The van der Waals surface area contributed by atoms with Gasteiger partial charge in [0.25, 0.3) is 0 Å². The minimum atomic E-state index is -0.480. The fourth-order valence-electron chi connectivity index (χ4n) is 3.35. The number of benzene rings is 2. The molecular weight excluding hydrogens is 467 g/mol. The van der Waals surface area contributed by atoms with E-state index in [1.54, 1.807) is 44.4 Å². The topological polar surface area (TPSA) is 101 Å². The zero-order chi connectivity index (χ0) is 23.5. The van der Waals surface area contributed by atoms with Gasteiger partial charge in [-0.2, -0.15) is 0 Å². The first-order valence-corrected chi connectivity index (χ1v) is 11.7. The lowest BCUT2D eigenvalue weighted by atomic mass is 10.1. The molecular formula is C22H21FN4O4S2. The summed E-state index contributed by atoms with van der Waals surface area (Å²) in [7, 11) is 3.11. The summed E-state index contributed by atoms with van der Waals surface area (Å²) in [6.45, 7) is 1.96. The molecule has 0 unspecified atom stereocenters. The van der Waals surface area contributed by atoms with E-state index in [2.05, 4.69) is 10.2 Å². The van der Waals surface area contributed by atoms with Crippen LogP contribution in [0.15, 0.2) is 41.6 Å². The number of thioether (sulfide) groups is 1. The summed E-state index contributed by atoms with van der Waals surface area (Å²) >= 11 is 2.45. The van der Waals surface area contributed by atoms with Crippen molar-refractivity contribution in [1.29, 1.82) is 0 Å². The summed E-state index contributed by atoms with van der Waals surface area (Å²) in [5.74, 6) is 7.21. The summed E-state index contributed by atoms with van der Waals surface area (Å²) < 4.78 is 32.5. The van der Waals surface area contributed by atoms with Gasteiger partial charge >= 0.3 is 5.97 Å². The molecule has 4 aromatic rings. The summed E-state index contributed by atoms with van der Waals surface area (Å²) in [5, 5.41) is 9.18. The Bertz CT molecular complexity index is 1320. The van der Waals surface area contributed by atoms with Crippen molar-refractivity contribution in [3.8, 4) is 22.9 Å². The number of nitrogen functional groups attached to an aromatic ring is 1. The quantitative estimate of drug-likeness (QED) is 0.220. The lowest BCUT2D eigenvalue weighted by molar-refractivity contribution is 0.0531. The molecule has 2 aromatic carbocycles. The van der Waals surface area contributed by atoms with Gasteiger partial charge in [0.2, 0.25) is 5.16 Å². The van der Waals surface area contributed by atoms with Crippen LogP contribution in [0.5, 0.6) is 11.5 Å². The molecule has 0 spiro atoms. The largest absolute Gasteiger partial charge is 0.497 e. The zero-order valence-corrected chi connectivity index (χ0v) is 19.8. The normalized spacial score (nSPS) is 11.0. The van der Waals surface area contributed by atoms with E-state index >= 15 is 0 Å². The molecule has 11 heteroatoms. The molecule has 0 atom stereocenters. The Morgan fingerprint density at radius 3 is 2.76 bits per heavy atom. The maximum atomic E-state index is 14.6. The third kappa shape index (κ3) is 4.33. The Hall–Kier alpha value is -3.31. The first kappa shape index (κ1) is 22.9. The van der Waals surface area contributed by atoms with Crippen molar-refractivity contribution in [1.82, 2.24) is 14.9 Å². The van der Waals surface area contributed by atoms with Crippen molar-refractivity contribution in [2.24, 2.45) is 0 Å². The van der Waals surface area contributed by atoms with E-state index < -0.39 is 11.8 Å². The fourth-order valence-corrected chi connectivity index (χ4v) is 5.45.